The number of hydrogen-bond acceptors (Lipinski definition) is 7. The molecule has 2 rings (SSSR count). The molecule has 0 saturated carbocycles. The van der Waals surface area contributed by atoms with Crippen LogP contribution < -0.4 is 25.3 Å². The van der Waals surface area contributed by atoms with Gasteiger partial charge in [0, 0.05) is 6.54 Å². The average Bonchev–Trinajstić information content (AvgIpc) is 2.74. The van der Waals surface area contributed by atoms with Crippen LogP contribution >= 0.6 is 0 Å². The Morgan fingerprint density at radius 3 is 2.37 bits per heavy atom. The topological polar surface area (TPSA) is 109 Å². The molecule has 0 fully saturated rings. The number of nitrogens with one attached hydrogen (secondary N) is 1. The number of anilines is 1. The Hall–Kier alpha value is -3.42. The summed E-state index contributed by atoms with van der Waals surface area (Å²) in [7, 11) is 1.29. The summed E-state index contributed by atoms with van der Waals surface area (Å²) in [6, 6.07) is 10.2. The summed E-state index contributed by atoms with van der Waals surface area (Å²) in [4.78, 5) is 23.7. The lowest BCUT2D eigenvalue weighted by molar-refractivity contribution is -0.123. The third-order valence-electron chi connectivity index (χ3n) is 4.14. The molecule has 0 aliphatic carbocycles. The summed E-state index contributed by atoms with van der Waals surface area (Å²) in [6.45, 7) is 5.14. The molecule has 162 valence electrons. The van der Waals surface area contributed by atoms with Crippen LogP contribution in [-0.2, 0) is 16.0 Å². The van der Waals surface area contributed by atoms with Crippen LogP contribution in [-0.4, -0.2) is 45.4 Å². The van der Waals surface area contributed by atoms with Gasteiger partial charge < -0.3 is 30.0 Å². The highest BCUT2D eigenvalue weighted by Crippen LogP contribution is 2.28. The molecule has 0 aliphatic rings. The van der Waals surface area contributed by atoms with Crippen LogP contribution in [0.25, 0.3) is 0 Å². The van der Waals surface area contributed by atoms with Gasteiger partial charge in [-0.2, -0.15) is 0 Å². The maximum atomic E-state index is 12.1. The number of hydrogen-bond donors (Lipinski definition) is 2. The van der Waals surface area contributed by atoms with Gasteiger partial charge in [0.05, 0.1) is 31.6 Å². The number of methoxy groups -OCH3 is 1. The Labute approximate surface area is 176 Å². The third kappa shape index (κ3) is 6.58. The number of carbonyl (C=O) groups is 2. The minimum atomic E-state index is -0.508. The molecule has 0 aromatic heterocycles. The first-order valence-corrected chi connectivity index (χ1v) is 9.74. The molecule has 8 heteroatoms. The average molecular weight is 416 g/mol. The SMILES string of the molecule is CCOc1ccc(CCNC(=O)COc2cc(C(=O)OC)ccc2N)cc1OCC. The van der Waals surface area contributed by atoms with Gasteiger partial charge in [0.25, 0.3) is 5.91 Å². The van der Waals surface area contributed by atoms with Crippen molar-refractivity contribution in [1.82, 2.24) is 5.32 Å². The van der Waals surface area contributed by atoms with Crippen molar-refractivity contribution in [3.63, 3.8) is 0 Å². The van der Waals surface area contributed by atoms with Crippen molar-refractivity contribution in [2.75, 3.05) is 39.2 Å². The summed E-state index contributed by atoms with van der Waals surface area (Å²) in [6.07, 6.45) is 0.623. The van der Waals surface area contributed by atoms with E-state index in [1.54, 1.807) is 0 Å². The Kier molecular flexibility index (Phi) is 8.80. The van der Waals surface area contributed by atoms with Crippen LogP contribution in [0.15, 0.2) is 36.4 Å². The van der Waals surface area contributed by atoms with Gasteiger partial charge in [-0.05, 0) is 56.2 Å². The zero-order chi connectivity index (χ0) is 21.9. The summed E-state index contributed by atoms with van der Waals surface area (Å²) in [5.41, 5.74) is 7.47. The normalized spacial score (nSPS) is 10.2. The fourth-order valence-electron chi connectivity index (χ4n) is 2.70. The zero-order valence-electron chi connectivity index (χ0n) is 17.5. The Bertz CT molecular complexity index is 869. The fraction of sp³-hybridized carbons (Fsp3) is 0.364. The van der Waals surface area contributed by atoms with Crippen molar-refractivity contribution < 1.29 is 28.5 Å². The highest BCUT2D eigenvalue weighted by atomic mass is 16.5. The highest BCUT2D eigenvalue weighted by molar-refractivity contribution is 5.90. The van der Waals surface area contributed by atoms with Gasteiger partial charge in [-0.25, -0.2) is 4.79 Å². The first-order chi connectivity index (χ1) is 14.5. The summed E-state index contributed by atoms with van der Waals surface area (Å²) in [5.74, 6) is 0.834. The van der Waals surface area contributed by atoms with Crippen molar-refractivity contribution in [2.45, 2.75) is 20.3 Å². The van der Waals surface area contributed by atoms with E-state index in [0.717, 1.165) is 5.56 Å². The van der Waals surface area contributed by atoms with Crippen LogP contribution in [0.2, 0.25) is 0 Å². The molecule has 8 nitrogen and oxygen atoms in total. The maximum absolute atomic E-state index is 12.1. The van der Waals surface area contributed by atoms with E-state index in [-0.39, 0.29) is 18.3 Å². The molecule has 1 amide bonds. The summed E-state index contributed by atoms with van der Waals surface area (Å²) >= 11 is 0. The lowest BCUT2D eigenvalue weighted by atomic mass is 10.1. The maximum Gasteiger partial charge on any atom is 0.337 e. The van der Waals surface area contributed by atoms with E-state index in [2.05, 4.69) is 10.1 Å². The molecule has 0 heterocycles. The monoisotopic (exact) mass is 416 g/mol. The molecule has 0 atom stereocenters. The number of nitrogen functional groups attached to an aromatic ring is 1. The van der Waals surface area contributed by atoms with Gasteiger partial charge in [0.2, 0.25) is 0 Å². The number of rotatable bonds is 11. The second-order valence-electron chi connectivity index (χ2n) is 6.28. The number of carbonyl (C=O) groups excluding carboxylic acids is 2. The Morgan fingerprint density at radius 2 is 1.67 bits per heavy atom. The molecule has 0 bridgehead atoms. The van der Waals surface area contributed by atoms with Gasteiger partial charge >= 0.3 is 5.97 Å². The molecule has 3 N–H and O–H groups in total. The van der Waals surface area contributed by atoms with Crippen LogP contribution in [0.1, 0.15) is 29.8 Å². The number of nitrogens with two attached hydrogens (primary N) is 1. The molecule has 0 saturated heterocycles. The fourth-order valence-corrected chi connectivity index (χ4v) is 2.70. The van der Waals surface area contributed by atoms with Crippen LogP contribution in [0.5, 0.6) is 17.2 Å². The molecule has 0 aliphatic heterocycles. The summed E-state index contributed by atoms with van der Waals surface area (Å²) < 4.78 is 21.3. The largest absolute Gasteiger partial charge is 0.490 e. The molecule has 0 radical (unpaired) electrons. The van der Waals surface area contributed by atoms with E-state index < -0.39 is 5.97 Å². The van der Waals surface area contributed by atoms with Crippen LogP contribution in [0.4, 0.5) is 5.69 Å². The second-order valence-corrected chi connectivity index (χ2v) is 6.28. The van der Waals surface area contributed by atoms with E-state index in [1.165, 1.54) is 25.3 Å². The van der Waals surface area contributed by atoms with Gasteiger partial charge in [0.15, 0.2) is 18.1 Å². The van der Waals surface area contributed by atoms with E-state index in [1.807, 2.05) is 32.0 Å². The van der Waals surface area contributed by atoms with E-state index in [0.29, 0.717) is 48.9 Å². The molecular weight excluding hydrogens is 388 g/mol. The first kappa shape index (κ1) is 22.9. The number of esters is 1. The Morgan fingerprint density at radius 1 is 0.933 bits per heavy atom. The molecular formula is C22H28N2O6. The quantitative estimate of drug-likeness (QED) is 0.428. The van der Waals surface area contributed by atoms with Crippen LogP contribution in [0, 0.1) is 0 Å². The van der Waals surface area contributed by atoms with Gasteiger partial charge in [-0.15, -0.1) is 0 Å². The first-order valence-electron chi connectivity index (χ1n) is 9.74. The van der Waals surface area contributed by atoms with Crippen molar-refractivity contribution in [2.24, 2.45) is 0 Å². The minimum absolute atomic E-state index is 0.220. The number of amides is 1. The van der Waals surface area contributed by atoms with E-state index in [9.17, 15) is 9.59 Å². The van der Waals surface area contributed by atoms with E-state index in [4.69, 9.17) is 19.9 Å². The van der Waals surface area contributed by atoms with Gasteiger partial charge in [0.1, 0.15) is 5.75 Å². The standard InChI is InChI=1S/C22H28N2O6/c1-4-28-18-9-6-15(12-20(18)29-5-2)10-11-24-21(25)14-30-19-13-16(22(26)27-3)7-8-17(19)23/h6-9,12-13H,4-5,10-11,14,23H2,1-3H3,(H,24,25). The summed E-state index contributed by atoms with van der Waals surface area (Å²) in [5, 5.41) is 2.79. The lowest BCUT2D eigenvalue weighted by Crippen LogP contribution is -2.30. The van der Waals surface area contributed by atoms with E-state index >= 15 is 0 Å². The zero-order valence-corrected chi connectivity index (χ0v) is 17.5. The molecule has 30 heavy (non-hydrogen) atoms. The third-order valence-corrected chi connectivity index (χ3v) is 4.14. The molecule has 2 aromatic rings. The smallest absolute Gasteiger partial charge is 0.337 e. The molecule has 0 unspecified atom stereocenters. The highest BCUT2D eigenvalue weighted by Gasteiger charge is 2.11. The van der Waals surface area contributed by atoms with Crippen molar-refractivity contribution in [1.29, 1.82) is 0 Å². The number of ether oxygens (including phenoxy) is 4. The Balaban J connectivity index is 1.86. The minimum Gasteiger partial charge on any atom is -0.490 e. The second kappa shape index (κ2) is 11.5. The van der Waals surface area contributed by atoms with Crippen molar-refractivity contribution in [3.05, 3.63) is 47.5 Å². The predicted octanol–water partition coefficient (Wildman–Crippen LogP) is 2.59. The predicted molar refractivity (Wildman–Crippen MR) is 113 cm³/mol. The lowest BCUT2D eigenvalue weighted by Gasteiger charge is -2.13. The molecule has 0 spiro atoms. The van der Waals surface area contributed by atoms with Crippen molar-refractivity contribution in [3.8, 4) is 17.2 Å². The van der Waals surface area contributed by atoms with Gasteiger partial charge in [-0.3, -0.25) is 4.79 Å². The number of benzene rings is 2. The van der Waals surface area contributed by atoms with Crippen molar-refractivity contribution >= 4 is 17.6 Å². The molecule has 2 aromatic carbocycles. The van der Waals surface area contributed by atoms with Crippen LogP contribution in [0.3, 0.4) is 0 Å². The van der Waals surface area contributed by atoms with Gasteiger partial charge in [-0.1, -0.05) is 6.07 Å².